The minimum absolute atomic E-state index is 0.113. The number of ether oxygens (including phenoxy) is 1. The first-order valence-electron chi connectivity index (χ1n) is 8.39. The quantitative estimate of drug-likeness (QED) is 0.648. The van der Waals surface area contributed by atoms with Crippen LogP contribution in [0.15, 0.2) is 71.8 Å². The van der Waals surface area contributed by atoms with E-state index in [9.17, 15) is 8.42 Å². The molecule has 0 aliphatic heterocycles. The Hall–Kier alpha value is -3.06. The van der Waals surface area contributed by atoms with Gasteiger partial charge < -0.3 is 10.1 Å². The number of hydrogen-bond donors (Lipinski definition) is 2. The van der Waals surface area contributed by atoms with Crippen molar-refractivity contribution in [2.45, 2.75) is 18.4 Å². The predicted molar refractivity (Wildman–Crippen MR) is 107 cm³/mol. The molecule has 2 aromatic carbocycles. The lowest BCUT2D eigenvalue weighted by atomic mass is 10.2. The molecule has 1 aromatic heterocycles. The topological polar surface area (TPSA) is 80.3 Å². The molecule has 0 amide bonds. The van der Waals surface area contributed by atoms with Crippen LogP contribution in [0.2, 0.25) is 0 Å². The molecule has 0 unspecified atom stereocenters. The van der Waals surface area contributed by atoms with Gasteiger partial charge in [-0.1, -0.05) is 12.1 Å². The highest BCUT2D eigenvalue weighted by molar-refractivity contribution is 7.92. The number of nitrogens with zero attached hydrogens (tertiary/aromatic N) is 1. The third kappa shape index (κ3) is 4.77. The average molecular weight is 383 g/mol. The molecule has 3 aromatic rings. The Bertz CT molecular complexity index is 1000. The van der Waals surface area contributed by atoms with Crippen LogP contribution in [-0.2, 0) is 16.6 Å². The number of rotatable bonds is 7. The lowest BCUT2D eigenvalue weighted by Gasteiger charge is -2.13. The fraction of sp³-hybridized carbons (Fsp3) is 0.150. The number of aryl methyl sites for hydroxylation is 1. The summed E-state index contributed by atoms with van der Waals surface area (Å²) in [6, 6.07) is 17.8. The summed E-state index contributed by atoms with van der Waals surface area (Å²) in [4.78, 5) is 4.36. The molecule has 0 radical (unpaired) electrons. The second-order valence-corrected chi connectivity index (χ2v) is 7.66. The Morgan fingerprint density at radius 3 is 2.41 bits per heavy atom. The van der Waals surface area contributed by atoms with Gasteiger partial charge in [-0.05, 0) is 61.0 Å². The minimum atomic E-state index is -3.75. The summed E-state index contributed by atoms with van der Waals surface area (Å²) in [6.07, 6.45) is 1.74. The monoisotopic (exact) mass is 383 g/mol. The summed E-state index contributed by atoms with van der Waals surface area (Å²) in [7, 11) is -2.30. The second kappa shape index (κ2) is 8.09. The maximum Gasteiger partial charge on any atom is 0.265 e. The van der Waals surface area contributed by atoms with E-state index in [1.54, 1.807) is 36.5 Å². The van der Waals surface area contributed by atoms with Gasteiger partial charge >= 0.3 is 0 Å². The Labute approximate surface area is 159 Å². The van der Waals surface area contributed by atoms with Gasteiger partial charge in [-0.15, -0.1) is 0 Å². The Morgan fingerprint density at radius 1 is 1.00 bits per heavy atom. The molecule has 0 spiro atoms. The summed E-state index contributed by atoms with van der Waals surface area (Å²) in [6.45, 7) is 2.42. The maximum absolute atomic E-state index is 12.7. The van der Waals surface area contributed by atoms with Crippen molar-refractivity contribution in [1.29, 1.82) is 0 Å². The van der Waals surface area contributed by atoms with Crippen molar-refractivity contribution in [3.8, 4) is 5.75 Å². The number of methoxy groups -OCH3 is 1. The fourth-order valence-electron chi connectivity index (χ4n) is 2.56. The van der Waals surface area contributed by atoms with Gasteiger partial charge in [0, 0.05) is 17.6 Å². The van der Waals surface area contributed by atoms with E-state index in [1.807, 2.05) is 37.3 Å². The fourth-order valence-corrected chi connectivity index (χ4v) is 3.87. The van der Waals surface area contributed by atoms with E-state index in [-0.39, 0.29) is 4.90 Å². The molecule has 1 heterocycles. The molecular formula is C20H21N3O3S. The maximum atomic E-state index is 12.7. The Kier molecular flexibility index (Phi) is 5.61. The van der Waals surface area contributed by atoms with Crippen LogP contribution in [0.25, 0.3) is 0 Å². The van der Waals surface area contributed by atoms with Gasteiger partial charge in [0.2, 0.25) is 0 Å². The van der Waals surface area contributed by atoms with Crippen molar-refractivity contribution in [3.63, 3.8) is 0 Å². The summed E-state index contributed by atoms with van der Waals surface area (Å²) in [5.41, 5.74) is 3.11. The van der Waals surface area contributed by atoms with Gasteiger partial charge in [0.1, 0.15) is 10.6 Å². The molecule has 3 rings (SSSR count). The normalized spacial score (nSPS) is 11.0. The first kappa shape index (κ1) is 18.7. The van der Waals surface area contributed by atoms with Gasteiger partial charge in [0.15, 0.2) is 0 Å². The van der Waals surface area contributed by atoms with E-state index < -0.39 is 10.0 Å². The third-order valence-corrected chi connectivity index (χ3v) is 5.35. The van der Waals surface area contributed by atoms with Crippen molar-refractivity contribution in [2.24, 2.45) is 0 Å². The summed E-state index contributed by atoms with van der Waals surface area (Å²) in [5, 5.41) is 3.25. The second-order valence-electron chi connectivity index (χ2n) is 6.01. The van der Waals surface area contributed by atoms with Gasteiger partial charge in [-0.3, -0.25) is 9.71 Å². The summed E-state index contributed by atoms with van der Waals surface area (Å²) >= 11 is 0. The van der Waals surface area contributed by atoms with Gasteiger partial charge in [-0.25, -0.2) is 8.42 Å². The van der Waals surface area contributed by atoms with Crippen LogP contribution in [0.3, 0.4) is 0 Å². The van der Waals surface area contributed by atoms with Crippen LogP contribution in [0.1, 0.15) is 11.3 Å². The molecule has 0 aliphatic carbocycles. The molecule has 27 heavy (non-hydrogen) atoms. The van der Waals surface area contributed by atoms with E-state index in [2.05, 4.69) is 15.0 Å². The number of benzene rings is 2. The van der Waals surface area contributed by atoms with Crippen LogP contribution in [0, 0.1) is 6.92 Å². The lowest BCUT2D eigenvalue weighted by molar-refractivity contribution is 0.402. The highest BCUT2D eigenvalue weighted by atomic mass is 32.2. The minimum Gasteiger partial charge on any atom is -0.495 e. The van der Waals surface area contributed by atoms with Crippen molar-refractivity contribution >= 4 is 21.4 Å². The largest absolute Gasteiger partial charge is 0.495 e. The number of nitrogens with one attached hydrogen (secondary N) is 2. The molecule has 0 fully saturated rings. The molecule has 6 nitrogen and oxygen atoms in total. The first-order chi connectivity index (χ1) is 13.0. The molecule has 7 heteroatoms. The van der Waals surface area contributed by atoms with Gasteiger partial charge in [-0.2, -0.15) is 0 Å². The Morgan fingerprint density at radius 2 is 1.74 bits per heavy atom. The number of hydrogen-bond acceptors (Lipinski definition) is 5. The molecule has 0 bridgehead atoms. The molecular weight excluding hydrogens is 362 g/mol. The molecule has 0 saturated heterocycles. The van der Waals surface area contributed by atoms with Crippen LogP contribution < -0.4 is 14.8 Å². The van der Waals surface area contributed by atoms with Crippen molar-refractivity contribution in [1.82, 2.24) is 4.98 Å². The van der Waals surface area contributed by atoms with Crippen molar-refractivity contribution in [3.05, 3.63) is 78.1 Å². The zero-order chi connectivity index (χ0) is 19.3. The smallest absolute Gasteiger partial charge is 0.265 e. The molecule has 0 aliphatic rings. The van der Waals surface area contributed by atoms with Crippen LogP contribution >= 0.6 is 0 Å². The highest BCUT2D eigenvalue weighted by Gasteiger charge is 2.19. The number of aromatic nitrogens is 1. The summed E-state index contributed by atoms with van der Waals surface area (Å²) < 4.78 is 33.2. The first-order valence-corrected chi connectivity index (χ1v) is 9.87. The van der Waals surface area contributed by atoms with E-state index in [0.717, 1.165) is 16.9 Å². The number of anilines is 2. The van der Waals surface area contributed by atoms with E-state index >= 15 is 0 Å². The van der Waals surface area contributed by atoms with Gasteiger partial charge in [0.25, 0.3) is 10.0 Å². The highest BCUT2D eigenvalue weighted by Crippen LogP contribution is 2.27. The van der Waals surface area contributed by atoms with E-state index in [0.29, 0.717) is 18.0 Å². The lowest BCUT2D eigenvalue weighted by Crippen LogP contribution is -2.14. The molecule has 0 atom stereocenters. The zero-order valence-corrected chi connectivity index (χ0v) is 16.0. The van der Waals surface area contributed by atoms with Crippen molar-refractivity contribution < 1.29 is 13.2 Å². The number of sulfonamides is 1. The predicted octanol–water partition coefficient (Wildman–Crippen LogP) is 3.81. The zero-order valence-electron chi connectivity index (χ0n) is 15.1. The molecule has 2 N–H and O–H groups in total. The SMILES string of the molecule is COc1ccc(C)cc1S(=O)(=O)Nc1ccc(NCc2ccccn2)cc1. The van der Waals surface area contributed by atoms with Crippen LogP contribution in [-0.4, -0.2) is 20.5 Å². The standard InChI is InChI=1S/C20H21N3O3S/c1-15-6-11-19(26-2)20(13-15)27(24,25)23-17-9-7-16(8-10-17)22-14-18-5-3-4-12-21-18/h3-13,22-23H,14H2,1-2H3. The summed E-state index contributed by atoms with van der Waals surface area (Å²) in [5.74, 6) is 0.307. The molecule has 140 valence electrons. The van der Waals surface area contributed by atoms with Gasteiger partial charge in [0.05, 0.1) is 19.3 Å². The van der Waals surface area contributed by atoms with Crippen LogP contribution in [0.5, 0.6) is 5.75 Å². The Balaban J connectivity index is 1.71. The van der Waals surface area contributed by atoms with Crippen molar-refractivity contribution in [2.75, 3.05) is 17.1 Å². The van der Waals surface area contributed by atoms with Crippen LogP contribution in [0.4, 0.5) is 11.4 Å². The van der Waals surface area contributed by atoms with E-state index in [4.69, 9.17) is 4.74 Å². The van der Waals surface area contributed by atoms with E-state index in [1.165, 1.54) is 7.11 Å². The third-order valence-electron chi connectivity index (χ3n) is 3.95. The molecule has 0 saturated carbocycles. The average Bonchev–Trinajstić information content (AvgIpc) is 2.68. The number of pyridine rings is 1.